The Morgan fingerprint density at radius 2 is 0.866 bits per heavy atom. The van der Waals surface area contributed by atoms with Gasteiger partial charge < -0.3 is 4.57 Å². The van der Waals surface area contributed by atoms with Crippen LogP contribution in [0.15, 0.2) is 255 Å². The molecule has 67 heavy (non-hydrogen) atoms. The van der Waals surface area contributed by atoms with Crippen LogP contribution in [-0.4, -0.2) is 12.6 Å². The summed E-state index contributed by atoms with van der Waals surface area (Å²) in [6, 6.07) is 93.9. The average Bonchev–Trinajstić information content (AvgIpc) is 3.92. The van der Waals surface area contributed by atoms with E-state index in [1.807, 2.05) is 0 Å². The molecule has 0 spiro atoms. The normalized spacial score (nSPS) is 12.3. The molecule has 0 radical (unpaired) electrons. The van der Waals surface area contributed by atoms with Crippen LogP contribution in [0.3, 0.4) is 0 Å². The summed E-state index contributed by atoms with van der Waals surface area (Å²) in [5.41, 5.74) is 18.0. The zero-order valence-electron chi connectivity index (χ0n) is 36.8. The molecule has 0 atom stereocenters. The van der Waals surface area contributed by atoms with E-state index in [9.17, 15) is 0 Å². The van der Waals surface area contributed by atoms with Gasteiger partial charge in [-0.1, -0.05) is 236 Å². The third-order valence-electron chi connectivity index (χ3n) is 14.2. The molecule has 1 nitrogen and oxygen atoms in total. The molecule has 1 aliphatic rings. The second-order valence-corrected chi connectivity index (χ2v) is 21.2. The smallest absolute Gasteiger partial charge is 0.230 e. The molecule has 0 bridgehead atoms. The van der Waals surface area contributed by atoms with Crippen LogP contribution in [0, 0.1) is 11.5 Å². The molecule has 0 unspecified atom stereocenters. The minimum absolute atomic E-state index is 0.165. The second kappa shape index (κ2) is 15.9. The van der Waals surface area contributed by atoms with Gasteiger partial charge in [-0.05, 0) is 100 Å². The summed E-state index contributed by atoms with van der Waals surface area (Å²) in [6.07, 6.45) is 0. The highest BCUT2D eigenvalue weighted by atomic mass is 28.3. The third kappa shape index (κ3) is 6.17. The van der Waals surface area contributed by atoms with E-state index in [0.717, 1.165) is 22.0 Å². The SMILES string of the molecule is C(#C[Si](c1ccccc1)(c1ccccc1)c1ccc2c(c1)c1ccccc1n2-c1ccccc1)c1c2ccccc2c(-c2cccc(C3c4ccccc4-c4ccccc43)c2)c2ccccc12. The van der Waals surface area contributed by atoms with Crippen LogP contribution < -0.4 is 15.6 Å². The predicted octanol–water partition coefficient (Wildman–Crippen LogP) is 14.0. The molecule has 0 saturated carbocycles. The Bertz CT molecular complexity index is 3790. The van der Waals surface area contributed by atoms with Gasteiger partial charge in [0.15, 0.2) is 0 Å². The fraction of sp³-hybridized carbons (Fsp3) is 0.0154. The monoisotopic (exact) mass is 865 g/mol. The maximum atomic E-state index is 4.24. The zero-order chi connectivity index (χ0) is 44.3. The molecule has 0 N–H and O–H groups in total. The van der Waals surface area contributed by atoms with Crippen LogP contribution in [0.5, 0.6) is 0 Å². The van der Waals surface area contributed by atoms with Crippen molar-refractivity contribution in [1.29, 1.82) is 0 Å². The van der Waals surface area contributed by atoms with Gasteiger partial charge in [-0.2, -0.15) is 0 Å². The van der Waals surface area contributed by atoms with Gasteiger partial charge in [-0.25, -0.2) is 0 Å². The Hall–Kier alpha value is -8.48. The van der Waals surface area contributed by atoms with Crippen molar-refractivity contribution in [1.82, 2.24) is 4.57 Å². The van der Waals surface area contributed by atoms with E-state index in [2.05, 4.69) is 271 Å². The fourth-order valence-electron chi connectivity index (χ4n) is 11.3. The summed E-state index contributed by atoms with van der Waals surface area (Å²) >= 11 is 0. The van der Waals surface area contributed by atoms with E-state index in [4.69, 9.17) is 0 Å². The molecule has 1 aromatic heterocycles. The minimum Gasteiger partial charge on any atom is -0.309 e. The van der Waals surface area contributed by atoms with Gasteiger partial charge in [-0.15, -0.1) is 5.54 Å². The van der Waals surface area contributed by atoms with Crippen LogP contribution in [-0.2, 0) is 0 Å². The van der Waals surface area contributed by atoms with Crippen molar-refractivity contribution >= 4 is 67.0 Å². The van der Waals surface area contributed by atoms with Crippen LogP contribution in [0.4, 0.5) is 0 Å². The van der Waals surface area contributed by atoms with Crippen molar-refractivity contribution in [3.05, 3.63) is 277 Å². The van der Waals surface area contributed by atoms with Crippen molar-refractivity contribution in [3.63, 3.8) is 0 Å². The Morgan fingerprint density at radius 3 is 1.49 bits per heavy atom. The number of benzene rings is 11. The molecule has 2 heteroatoms. The van der Waals surface area contributed by atoms with E-state index >= 15 is 0 Å². The second-order valence-electron chi connectivity index (χ2n) is 17.7. The van der Waals surface area contributed by atoms with Crippen LogP contribution in [0.2, 0.25) is 0 Å². The number of hydrogen-bond acceptors (Lipinski definition) is 0. The fourth-order valence-corrected chi connectivity index (χ4v) is 15.1. The lowest BCUT2D eigenvalue weighted by Crippen LogP contribution is -2.66. The van der Waals surface area contributed by atoms with Crippen LogP contribution in [0.1, 0.15) is 28.2 Å². The Morgan fingerprint density at radius 1 is 0.358 bits per heavy atom. The van der Waals surface area contributed by atoms with Crippen molar-refractivity contribution in [3.8, 4) is 39.4 Å². The molecule has 312 valence electrons. The highest BCUT2D eigenvalue weighted by Gasteiger charge is 2.39. The highest BCUT2D eigenvalue weighted by molar-refractivity contribution is 7.17. The molecular weight excluding hydrogens is 823 g/mol. The van der Waals surface area contributed by atoms with Gasteiger partial charge in [0.2, 0.25) is 8.07 Å². The molecule has 1 aliphatic carbocycles. The zero-order valence-corrected chi connectivity index (χ0v) is 37.8. The van der Waals surface area contributed by atoms with E-state index < -0.39 is 8.07 Å². The summed E-state index contributed by atoms with van der Waals surface area (Å²) in [7, 11) is -3.08. The molecule has 1 heterocycles. The Kier molecular flexibility index (Phi) is 9.23. The van der Waals surface area contributed by atoms with E-state index in [0.29, 0.717) is 0 Å². The minimum atomic E-state index is -3.08. The Labute approximate surface area is 391 Å². The third-order valence-corrected chi connectivity index (χ3v) is 18.3. The van der Waals surface area contributed by atoms with Crippen LogP contribution in [0.25, 0.3) is 71.3 Å². The van der Waals surface area contributed by atoms with Crippen molar-refractivity contribution in [2.75, 3.05) is 0 Å². The predicted molar refractivity (Wildman–Crippen MR) is 285 cm³/mol. The molecule has 13 rings (SSSR count). The summed E-state index contributed by atoms with van der Waals surface area (Å²) < 4.78 is 2.40. The molecule has 11 aromatic carbocycles. The first kappa shape index (κ1) is 38.9. The van der Waals surface area contributed by atoms with Crippen molar-refractivity contribution in [2.45, 2.75) is 5.92 Å². The quantitative estimate of drug-likeness (QED) is 0.0679. The first-order valence-electron chi connectivity index (χ1n) is 23.2. The topological polar surface area (TPSA) is 4.93 Å². The van der Waals surface area contributed by atoms with Crippen molar-refractivity contribution in [2.24, 2.45) is 0 Å². The van der Waals surface area contributed by atoms with E-state index in [1.165, 1.54) is 87.1 Å². The maximum absolute atomic E-state index is 4.24. The lowest BCUT2D eigenvalue weighted by Gasteiger charge is -2.28. The number of rotatable bonds is 6. The number of nitrogens with zero attached hydrogens (tertiary/aromatic N) is 1. The van der Waals surface area contributed by atoms with Gasteiger partial charge in [0.05, 0.1) is 11.0 Å². The van der Waals surface area contributed by atoms with Gasteiger partial charge in [0.25, 0.3) is 0 Å². The van der Waals surface area contributed by atoms with Gasteiger partial charge in [-0.3, -0.25) is 0 Å². The molecule has 12 aromatic rings. The summed E-state index contributed by atoms with van der Waals surface area (Å²) in [5.74, 6) is 4.21. The number of aromatic nitrogens is 1. The van der Waals surface area contributed by atoms with Gasteiger partial charge in [0.1, 0.15) is 0 Å². The number of para-hydroxylation sites is 2. The van der Waals surface area contributed by atoms with E-state index in [1.54, 1.807) is 0 Å². The lowest BCUT2D eigenvalue weighted by atomic mass is 9.85. The highest BCUT2D eigenvalue weighted by Crippen LogP contribution is 2.49. The molecule has 0 fully saturated rings. The van der Waals surface area contributed by atoms with Crippen molar-refractivity contribution < 1.29 is 0 Å². The Balaban J connectivity index is 1.05. The van der Waals surface area contributed by atoms with Gasteiger partial charge in [0, 0.05) is 27.9 Å². The van der Waals surface area contributed by atoms with E-state index in [-0.39, 0.29) is 5.92 Å². The molecule has 0 saturated heterocycles. The van der Waals surface area contributed by atoms with Gasteiger partial charge >= 0.3 is 0 Å². The molecule has 0 aliphatic heterocycles. The maximum Gasteiger partial charge on any atom is 0.230 e. The molecular formula is C65H43NSi. The first-order chi connectivity index (χ1) is 33.3. The number of fused-ring (bicyclic) bond motifs is 8. The standard InChI is InChI=1S/C65H43NSi/c1-4-23-47(24-5-1)66-62-38-19-18-33-56(62)61-44-50(39-40-63(61)66)67(48-25-6-2-7-26-48,49-27-8-3-9-28-49)42-41-55-53-31-12-16-36-59(53)65(60-37-17-13-32-54(55)60)46-22-20-21-45(43-46)64-57-34-14-10-29-51(57)52-30-11-15-35-58(52)64/h1-40,43-44,64H. The summed E-state index contributed by atoms with van der Waals surface area (Å²) in [5, 5.41) is 11.0. The summed E-state index contributed by atoms with van der Waals surface area (Å²) in [4.78, 5) is 0. The lowest BCUT2D eigenvalue weighted by molar-refractivity contribution is 1.02. The number of hydrogen-bond donors (Lipinski definition) is 0. The summed E-state index contributed by atoms with van der Waals surface area (Å²) in [6.45, 7) is 0. The van der Waals surface area contributed by atoms with Crippen LogP contribution >= 0.6 is 0 Å². The average molecular weight is 866 g/mol. The molecule has 0 amide bonds. The first-order valence-corrected chi connectivity index (χ1v) is 25.2. The largest absolute Gasteiger partial charge is 0.309 e.